The topological polar surface area (TPSA) is 56.8 Å². The van der Waals surface area contributed by atoms with E-state index >= 15 is 0 Å². The summed E-state index contributed by atoms with van der Waals surface area (Å²) in [6, 6.07) is 2.17. The molecule has 0 N–H and O–H groups in total. The lowest BCUT2D eigenvalue weighted by molar-refractivity contribution is -0.138. The van der Waals surface area contributed by atoms with Crippen molar-refractivity contribution in [3.63, 3.8) is 0 Å². The Kier molecular flexibility index (Phi) is 2.86. The minimum absolute atomic E-state index is 0.0869. The largest absolute Gasteiger partial charge is 0.419 e. The fourth-order valence-electron chi connectivity index (χ4n) is 1.55. The van der Waals surface area contributed by atoms with E-state index in [2.05, 4.69) is 20.9 Å². The number of aromatic nitrogens is 1. The molecule has 0 unspecified atom stereocenters. The van der Waals surface area contributed by atoms with Gasteiger partial charge in [-0.2, -0.15) is 18.4 Å². The zero-order valence-electron chi connectivity index (χ0n) is 9.84. The highest BCUT2D eigenvalue weighted by Gasteiger charge is 2.46. The van der Waals surface area contributed by atoms with E-state index in [1.807, 2.05) is 0 Å². The van der Waals surface area contributed by atoms with Gasteiger partial charge in [-0.25, -0.2) is 4.98 Å². The lowest BCUT2D eigenvalue weighted by Crippen LogP contribution is -2.32. The third kappa shape index (κ3) is 2.30. The van der Waals surface area contributed by atoms with Crippen LogP contribution in [0, 0.1) is 11.3 Å². The number of anilines is 2. The first-order valence-corrected chi connectivity index (χ1v) is 5.92. The van der Waals surface area contributed by atoms with Gasteiger partial charge in [-0.15, -0.1) is 0 Å². The van der Waals surface area contributed by atoms with E-state index in [1.165, 1.54) is 6.07 Å². The molecule has 0 fully saturated rings. The average Bonchev–Trinajstić information content (AvgIpc) is 2.96. The highest BCUT2D eigenvalue weighted by atomic mass is 79.9. The van der Waals surface area contributed by atoms with Gasteiger partial charge in [0.25, 0.3) is 0 Å². The van der Waals surface area contributed by atoms with Crippen LogP contribution in [0.4, 0.5) is 24.7 Å². The molecule has 1 aliphatic rings. The predicted molar refractivity (Wildman–Crippen MR) is 64.1 cm³/mol. The summed E-state index contributed by atoms with van der Waals surface area (Å²) in [5, 5.41) is 8.69. The molecule has 0 bridgehead atoms. The number of pyridine rings is 1. The molecular formula is C11H7BrF3N3O. The van der Waals surface area contributed by atoms with Crippen LogP contribution in [0.1, 0.15) is 25.1 Å². The van der Waals surface area contributed by atoms with E-state index < -0.39 is 27.7 Å². The average molecular weight is 334 g/mol. The molecule has 0 aliphatic carbocycles. The number of halogens is 4. The van der Waals surface area contributed by atoms with Crippen molar-refractivity contribution in [1.29, 1.82) is 5.26 Å². The van der Waals surface area contributed by atoms with Crippen LogP contribution in [0.3, 0.4) is 0 Å². The monoisotopic (exact) mass is 333 g/mol. The number of hydrogen-bond donors (Lipinski definition) is 0. The van der Waals surface area contributed by atoms with E-state index in [0.717, 1.165) is 11.0 Å². The predicted octanol–water partition coefficient (Wildman–Crippen LogP) is 3.12. The van der Waals surface area contributed by atoms with Gasteiger partial charge in [0.05, 0.1) is 15.6 Å². The van der Waals surface area contributed by atoms with Crippen molar-refractivity contribution in [2.75, 3.05) is 4.90 Å². The molecule has 0 aromatic carbocycles. The molecule has 8 heteroatoms. The van der Waals surface area contributed by atoms with Crippen LogP contribution in [-0.4, -0.2) is 15.2 Å². The molecule has 2 rings (SSSR count). The van der Waals surface area contributed by atoms with Gasteiger partial charge in [-0.1, -0.05) is 15.9 Å². The van der Waals surface area contributed by atoms with Crippen LogP contribution in [0.25, 0.3) is 0 Å². The number of carbonyl (C=O) groups excluding carboxylic acids is 1. The Balaban J connectivity index is 2.44. The summed E-state index contributed by atoms with van der Waals surface area (Å²) in [5.41, 5.74) is -1.77. The molecule has 0 saturated carbocycles. The van der Waals surface area contributed by atoms with Crippen molar-refractivity contribution in [1.82, 2.24) is 4.98 Å². The zero-order chi connectivity index (χ0) is 14.6. The molecule has 0 atom stereocenters. The maximum Gasteiger partial charge on any atom is 0.419 e. The maximum absolute atomic E-state index is 12.7. The summed E-state index contributed by atoms with van der Waals surface area (Å²) in [7, 11) is 0. The minimum Gasteiger partial charge on any atom is -0.272 e. The van der Waals surface area contributed by atoms with E-state index in [-0.39, 0.29) is 11.5 Å². The Hall–Kier alpha value is -1.62. The third-order valence-electron chi connectivity index (χ3n) is 2.51. The molecule has 19 heavy (non-hydrogen) atoms. The van der Waals surface area contributed by atoms with Crippen LogP contribution in [0.15, 0.2) is 6.07 Å². The van der Waals surface area contributed by atoms with Crippen LogP contribution < -0.4 is 4.90 Å². The Morgan fingerprint density at radius 1 is 1.47 bits per heavy atom. The molecule has 2 heterocycles. The maximum atomic E-state index is 12.7. The normalized spacial score (nSPS) is 13.8. The van der Waals surface area contributed by atoms with Gasteiger partial charge in [0.2, 0.25) is 5.91 Å². The molecule has 1 amide bonds. The molecule has 100 valence electrons. The first kappa shape index (κ1) is 13.8. The Morgan fingerprint density at radius 3 is 2.47 bits per heavy atom. The molecular weight excluding hydrogens is 327 g/mol. The van der Waals surface area contributed by atoms with Gasteiger partial charge in [0.15, 0.2) is 11.5 Å². The van der Waals surface area contributed by atoms with Gasteiger partial charge in [-0.3, -0.25) is 9.69 Å². The molecule has 4 nitrogen and oxygen atoms in total. The Labute approximate surface area is 115 Å². The number of nitriles is 1. The molecule has 1 aliphatic heterocycles. The van der Waals surface area contributed by atoms with Crippen molar-refractivity contribution >= 4 is 33.3 Å². The highest BCUT2D eigenvalue weighted by molar-refractivity contribution is 9.10. The SMILES string of the molecule is CC(C)(Br)C(=O)N1c2cc(C(F)(F)F)c(C#N)nc21. The fraction of sp³-hybridized carbons (Fsp3) is 0.364. The van der Waals surface area contributed by atoms with Crippen molar-refractivity contribution in [3.05, 3.63) is 17.3 Å². The minimum atomic E-state index is -4.67. The van der Waals surface area contributed by atoms with Crippen molar-refractivity contribution < 1.29 is 18.0 Å². The molecule has 0 saturated heterocycles. The van der Waals surface area contributed by atoms with Crippen LogP contribution in [0.2, 0.25) is 0 Å². The van der Waals surface area contributed by atoms with Gasteiger partial charge >= 0.3 is 6.18 Å². The smallest absolute Gasteiger partial charge is 0.272 e. The van der Waals surface area contributed by atoms with Gasteiger partial charge in [0.1, 0.15) is 6.07 Å². The summed E-state index contributed by atoms with van der Waals surface area (Å²) < 4.78 is 37.2. The molecule has 1 aromatic heterocycles. The van der Waals surface area contributed by atoms with Gasteiger partial charge in [0, 0.05) is 0 Å². The summed E-state index contributed by atoms with van der Waals surface area (Å²) in [5.74, 6) is -0.333. The second kappa shape index (κ2) is 3.93. The summed E-state index contributed by atoms with van der Waals surface area (Å²) in [4.78, 5) is 16.5. The van der Waals surface area contributed by atoms with Crippen molar-refractivity contribution in [2.24, 2.45) is 0 Å². The number of nitrogens with zero attached hydrogens (tertiary/aromatic N) is 3. The van der Waals surface area contributed by atoms with Gasteiger partial charge in [-0.05, 0) is 19.9 Å². The standard InChI is InChI=1S/C11H7BrF3N3O/c1-10(2,12)9(19)18-7-3-5(11(13,14)15)6(4-16)17-8(7)18/h3H,1-2H3. The second-order valence-corrected chi connectivity index (χ2v) is 6.43. The number of hydrogen-bond acceptors (Lipinski definition) is 3. The highest BCUT2D eigenvalue weighted by Crippen LogP contribution is 2.50. The second-order valence-electron chi connectivity index (χ2n) is 4.45. The number of alkyl halides is 4. The van der Waals surface area contributed by atoms with Crippen molar-refractivity contribution in [2.45, 2.75) is 24.3 Å². The van der Waals surface area contributed by atoms with E-state index in [4.69, 9.17) is 5.26 Å². The van der Waals surface area contributed by atoms with Crippen LogP contribution >= 0.6 is 15.9 Å². The molecule has 0 radical (unpaired) electrons. The summed E-state index contributed by atoms with van der Waals surface area (Å²) >= 11 is 3.13. The summed E-state index contributed by atoms with van der Waals surface area (Å²) in [6.45, 7) is 3.15. The van der Waals surface area contributed by atoms with Crippen LogP contribution in [0.5, 0.6) is 0 Å². The molecule has 1 aromatic rings. The molecule has 0 spiro atoms. The lowest BCUT2D eigenvalue weighted by atomic mass is 10.2. The zero-order valence-corrected chi connectivity index (χ0v) is 11.4. The number of rotatable bonds is 1. The number of amides is 1. The quantitative estimate of drug-likeness (QED) is 0.586. The first-order chi connectivity index (χ1) is 8.57. The van der Waals surface area contributed by atoms with E-state index in [1.54, 1.807) is 13.8 Å². The van der Waals surface area contributed by atoms with E-state index in [9.17, 15) is 18.0 Å². The Bertz CT molecular complexity index is 613. The first-order valence-electron chi connectivity index (χ1n) is 5.13. The third-order valence-corrected chi connectivity index (χ3v) is 2.85. The Morgan fingerprint density at radius 2 is 2.05 bits per heavy atom. The van der Waals surface area contributed by atoms with Crippen LogP contribution in [-0.2, 0) is 11.0 Å². The lowest BCUT2D eigenvalue weighted by Gasteiger charge is -2.14. The van der Waals surface area contributed by atoms with Crippen molar-refractivity contribution in [3.8, 4) is 6.07 Å². The number of carbonyl (C=O) groups is 1. The fourth-order valence-corrected chi connectivity index (χ4v) is 1.73. The van der Waals surface area contributed by atoms with E-state index in [0.29, 0.717) is 0 Å². The summed E-state index contributed by atoms with van der Waals surface area (Å²) in [6.07, 6.45) is -4.67. The number of fused-ring (bicyclic) bond motifs is 1. The van der Waals surface area contributed by atoms with Gasteiger partial charge < -0.3 is 0 Å².